The molecule has 148 valence electrons. The SMILES string of the molecule is N#Cc1ccc(Nc2cc(NC3CC3)n3ncc(C=C4CC(=O)NC4=O)c3n2)cc1. The Hall–Kier alpha value is -4.19. The molecule has 0 atom stereocenters. The minimum atomic E-state index is -0.387. The molecule has 9 nitrogen and oxygen atoms in total. The molecule has 5 rings (SSSR count). The summed E-state index contributed by atoms with van der Waals surface area (Å²) >= 11 is 0. The highest BCUT2D eigenvalue weighted by Gasteiger charge is 2.25. The van der Waals surface area contributed by atoms with Crippen LogP contribution in [0, 0.1) is 11.3 Å². The third-order valence-corrected chi connectivity index (χ3v) is 4.94. The summed E-state index contributed by atoms with van der Waals surface area (Å²) in [5, 5.41) is 22.4. The van der Waals surface area contributed by atoms with E-state index in [4.69, 9.17) is 5.26 Å². The minimum absolute atomic E-state index is 0.0482. The number of carbonyl (C=O) groups is 2. The number of aromatic nitrogens is 3. The first-order valence-electron chi connectivity index (χ1n) is 9.56. The molecule has 1 saturated heterocycles. The van der Waals surface area contributed by atoms with Gasteiger partial charge in [-0.15, -0.1) is 0 Å². The molecule has 0 spiro atoms. The Morgan fingerprint density at radius 1 is 1.23 bits per heavy atom. The zero-order valence-electron chi connectivity index (χ0n) is 15.8. The van der Waals surface area contributed by atoms with Crippen molar-refractivity contribution >= 4 is 40.9 Å². The van der Waals surface area contributed by atoms with Crippen molar-refractivity contribution in [3.8, 4) is 6.07 Å². The average molecular weight is 399 g/mol. The Morgan fingerprint density at radius 3 is 2.70 bits per heavy atom. The number of nitrogens with zero attached hydrogens (tertiary/aromatic N) is 4. The molecule has 30 heavy (non-hydrogen) atoms. The summed E-state index contributed by atoms with van der Waals surface area (Å²) < 4.78 is 1.70. The summed E-state index contributed by atoms with van der Waals surface area (Å²) in [7, 11) is 0. The molecule has 0 unspecified atom stereocenters. The maximum Gasteiger partial charge on any atom is 0.254 e. The van der Waals surface area contributed by atoms with Crippen molar-refractivity contribution in [3.63, 3.8) is 0 Å². The van der Waals surface area contributed by atoms with E-state index in [0.29, 0.717) is 34.2 Å². The lowest BCUT2D eigenvalue weighted by Gasteiger charge is -2.11. The molecule has 0 bridgehead atoms. The van der Waals surface area contributed by atoms with Crippen LogP contribution in [-0.4, -0.2) is 32.5 Å². The van der Waals surface area contributed by atoms with Gasteiger partial charge in [0.2, 0.25) is 5.91 Å². The predicted molar refractivity (Wildman–Crippen MR) is 110 cm³/mol. The highest BCUT2D eigenvalue weighted by Crippen LogP contribution is 2.29. The summed E-state index contributed by atoms with van der Waals surface area (Å²) in [6.07, 6.45) is 5.54. The van der Waals surface area contributed by atoms with Crippen LogP contribution in [0.25, 0.3) is 11.7 Å². The fourth-order valence-electron chi connectivity index (χ4n) is 3.27. The molecule has 1 aliphatic heterocycles. The van der Waals surface area contributed by atoms with E-state index >= 15 is 0 Å². The Morgan fingerprint density at radius 2 is 2.03 bits per heavy atom. The summed E-state index contributed by atoms with van der Waals surface area (Å²) in [4.78, 5) is 28.1. The lowest BCUT2D eigenvalue weighted by atomic mass is 10.1. The smallest absolute Gasteiger partial charge is 0.254 e. The number of anilines is 3. The minimum Gasteiger partial charge on any atom is -0.367 e. The lowest BCUT2D eigenvalue weighted by Crippen LogP contribution is -2.19. The van der Waals surface area contributed by atoms with Gasteiger partial charge in [0.15, 0.2) is 5.65 Å². The number of fused-ring (bicyclic) bond motifs is 1. The van der Waals surface area contributed by atoms with Crippen LogP contribution in [0.15, 0.2) is 42.1 Å². The molecular weight excluding hydrogens is 382 g/mol. The van der Waals surface area contributed by atoms with E-state index < -0.39 is 0 Å². The van der Waals surface area contributed by atoms with Gasteiger partial charge in [-0.05, 0) is 43.2 Å². The van der Waals surface area contributed by atoms with E-state index in [-0.39, 0.29) is 18.2 Å². The number of carbonyl (C=O) groups excluding carboxylic acids is 2. The maximum atomic E-state index is 11.9. The Kier molecular flexibility index (Phi) is 4.17. The van der Waals surface area contributed by atoms with Crippen LogP contribution in [0.1, 0.15) is 30.4 Å². The zero-order valence-corrected chi connectivity index (χ0v) is 15.8. The molecule has 1 saturated carbocycles. The predicted octanol–water partition coefficient (Wildman–Crippen LogP) is 2.35. The van der Waals surface area contributed by atoms with Crippen LogP contribution < -0.4 is 16.0 Å². The van der Waals surface area contributed by atoms with Crippen molar-refractivity contribution in [1.82, 2.24) is 19.9 Å². The number of imide groups is 1. The maximum absolute atomic E-state index is 11.9. The fourth-order valence-corrected chi connectivity index (χ4v) is 3.27. The summed E-state index contributed by atoms with van der Waals surface area (Å²) in [5.41, 5.74) is 2.98. The van der Waals surface area contributed by atoms with Gasteiger partial charge in [-0.2, -0.15) is 14.9 Å². The third kappa shape index (κ3) is 3.46. The topological polar surface area (TPSA) is 124 Å². The van der Waals surface area contributed by atoms with Gasteiger partial charge in [0, 0.05) is 28.9 Å². The number of nitriles is 1. The first-order valence-corrected chi connectivity index (χ1v) is 9.56. The molecule has 3 heterocycles. The van der Waals surface area contributed by atoms with Crippen molar-refractivity contribution < 1.29 is 9.59 Å². The van der Waals surface area contributed by atoms with E-state index in [1.54, 1.807) is 28.9 Å². The normalized spacial score (nSPS) is 17.2. The molecule has 2 amide bonds. The van der Waals surface area contributed by atoms with Crippen molar-refractivity contribution in [1.29, 1.82) is 5.26 Å². The number of rotatable bonds is 5. The number of hydrogen-bond donors (Lipinski definition) is 3. The molecule has 1 aliphatic carbocycles. The number of hydrogen-bond acceptors (Lipinski definition) is 7. The van der Waals surface area contributed by atoms with E-state index in [1.807, 2.05) is 18.2 Å². The summed E-state index contributed by atoms with van der Waals surface area (Å²) in [6.45, 7) is 0. The van der Waals surface area contributed by atoms with Crippen molar-refractivity contribution in [2.75, 3.05) is 10.6 Å². The van der Waals surface area contributed by atoms with Crippen LogP contribution in [0.4, 0.5) is 17.3 Å². The van der Waals surface area contributed by atoms with Crippen LogP contribution in [0.3, 0.4) is 0 Å². The molecule has 2 fully saturated rings. The monoisotopic (exact) mass is 399 g/mol. The van der Waals surface area contributed by atoms with E-state index in [0.717, 1.165) is 24.3 Å². The van der Waals surface area contributed by atoms with Crippen molar-refractivity contribution in [3.05, 3.63) is 53.2 Å². The van der Waals surface area contributed by atoms with E-state index in [1.165, 1.54) is 0 Å². The second-order valence-electron chi connectivity index (χ2n) is 7.32. The standard InChI is InChI=1S/C21H17N7O2/c22-10-12-1-3-15(4-2-12)24-17-9-18(25-16-5-6-16)28-20(26-17)14(11-23-28)7-13-8-19(29)27-21(13)30/h1-4,7,9,11,16,25H,5-6,8H2,(H,24,26)(H,27,29,30). The molecular formula is C21H17N7O2. The molecule has 0 radical (unpaired) electrons. The van der Waals surface area contributed by atoms with Crippen LogP contribution in [0.5, 0.6) is 0 Å². The Bertz CT molecular complexity index is 1250. The van der Waals surface area contributed by atoms with Gasteiger partial charge in [-0.25, -0.2) is 4.98 Å². The van der Waals surface area contributed by atoms with Gasteiger partial charge in [-0.1, -0.05) is 0 Å². The summed E-state index contributed by atoms with van der Waals surface area (Å²) in [5.74, 6) is 0.690. The average Bonchev–Trinajstić information content (AvgIpc) is 3.37. The summed E-state index contributed by atoms with van der Waals surface area (Å²) in [6, 6.07) is 11.5. The molecule has 2 aromatic heterocycles. The van der Waals surface area contributed by atoms with E-state index in [9.17, 15) is 9.59 Å². The fraction of sp³-hybridized carbons (Fsp3) is 0.190. The number of benzene rings is 1. The molecule has 9 heteroatoms. The highest BCUT2D eigenvalue weighted by atomic mass is 16.2. The first kappa shape index (κ1) is 17.9. The van der Waals surface area contributed by atoms with Crippen molar-refractivity contribution in [2.24, 2.45) is 0 Å². The van der Waals surface area contributed by atoms with Gasteiger partial charge < -0.3 is 10.6 Å². The zero-order chi connectivity index (χ0) is 20.7. The second-order valence-corrected chi connectivity index (χ2v) is 7.32. The molecule has 3 N–H and O–H groups in total. The quantitative estimate of drug-likeness (QED) is 0.444. The number of amides is 2. The van der Waals surface area contributed by atoms with Gasteiger partial charge in [0.05, 0.1) is 24.3 Å². The lowest BCUT2D eigenvalue weighted by molar-refractivity contribution is -0.124. The first-order chi connectivity index (χ1) is 14.6. The second kappa shape index (κ2) is 7.00. The van der Waals surface area contributed by atoms with Gasteiger partial charge >= 0.3 is 0 Å². The van der Waals surface area contributed by atoms with Gasteiger partial charge in [0.25, 0.3) is 5.91 Å². The van der Waals surface area contributed by atoms with Gasteiger partial charge in [-0.3, -0.25) is 14.9 Å². The molecule has 1 aromatic carbocycles. The van der Waals surface area contributed by atoms with Crippen molar-refractivity contribution in [2.45, 2.75) is 25.3 Å². The Balaban J connectivity index is 1.55. The Labute approximate surface area is 171 Å². The van der Waals surface area contributed by atoms with Gasteiger partial charge in [0.1, 0.15) is 11.6 Å². The van der Waals surface area contributed by atoms with Crippen LogP contribution >= 0.6 is 0 Å². The third-order valence-electron chi connectivity index (χ3n) is 4.94. The highest BCUT2D eigenvalue weighted by molar-refractivity contribution is 6.15. The number of nitrogens with one attached hydrogen (secondary N) is 3. The van der Waals surface area contributed by atoms with Crippen LogP contribution in [0.2, 0.25) is 0 Å². The molecule has 2 aliphatic rings. The van der Waals surface area contributed by atoms with E-state index in [2.05, 4.69) is 32.1 Å². The van der Waals surface area contributed by atoms with Crippen LogP contribution in [-0.2, 0) is 9.59 Å². The molecule has 3 aromatic rings. The largest absolute Gasteiger partial charge is 0.367 e.